The number of halogens is 2. The van der Waals surface area contributed by atoms with E-state index < -0.39 is 12.0 Å². The largest absolute Gasteiger partial charge is 0.504 e. The lowest BCUT2D eigenvalue weighted by Crippen LogP contribution is -2.39. The third-order valence-electron chi connectivity index (χ3n) is 5.27. The Hall–Kier alpha value is -2.63. The van der Waals surface area contributed by atoms with E-state index in [0.29, 0.717) is 40.5 Å². The second kappa shape index (κ2) is 9.93. The van der Waals surface area contributed by atoms with Gasteiger partial charge in [-0.1, -0.05) is 35.1 Å². The summed E-state index contributed by atoms with van der Waals surface area (Å²) >= 11 is 9.31. The van der Waals surface area contributed by atoms with Crippen LogP contribution in [-0.2, 0) is 9.53 Å². The lowest BCUT2D eigenvalue weighted by Gasteiger charge is -2.24. The van der Waals surface area contributed by atoms with E-state index in [0.717, 1.165) is 5.56 Å². The summed E-state index contributed by atoms with van der Waals surface area (Å²) in [5.41, 5.74) is 1.92. The number of methoxy groups -OCH3 is 1. The van der Waals surface area contributed by atoms with Crippen molar-refractivity contribution < 1.29 is 19.4 Å². The van der Waals surface area contributed by atoms with Gasteiger partial charge in [0.1, 0.15) is 0 Å². The van der Waals surface area contributed by atoms with Crippen molar-refractivity contribution in [2.24, 2.45) is 4.99 Å². The molecule has 34 heavy (non-hydrogen) atoms. The molecule has 0 saturated carbocycles. The number of hydrogen-bond acceptors (Lipinski definition) is 7. The van der Waals surface area contributed by atoms with E-state index in [4.69, 9.17) is 21.1 Å². The number of hydrogen-bond donors (Lipinski definition) is 1. The predicted molar refractivity (Wildman–Crippen MR) is 139 cm³/mol. The van der Waals surface area contributed by atoms with Crippen LogP contribution in [0.15, 0.2) is 57.5 Å². The first-order chi connectivity index (χ1) is 16.2. The molecule has 176 valence electrons. The van der Waals surface area contributed by atoms with Crippen LogP contribution in [0.5, 0.6) is 11.5 Å². The molecule has 0 radical (unpaired) electrons. The minimum Gasteiger partial charge on any atom is -0.504 e. The number of esters is 1. The highest BCUT2D eigenvalue weighted by Crippen LogP contribution is 2.33. The van der Waals surface area contributed by atoms with Crippen LogP contribution < -0.4 is 19.6 Å². The Balaban J connectivity index is 1.95. The number of allylic oxidation sites excluding steroid dienone is 1. The number of rotatable bonds is 5. The topological polar surface area (TPSA) is 90.1 Å². The molecule has 0 amide bonds. The monoisotopic (exact) mass is 610 g/mol. The molecule has 4 rings (SSSR count). The van der Waals surface area contributed by atoms with Gasteiger partial charge in [0, 0.05) is 5.02 Å². The molecule has 1 N–H and O–H groups in total. The number of benzene rings is 2. The molecule has 0 aliphatic carbocycles. The zero-order valence-corrected chi connectivity index (χ0v) is 22.2. The molecule has 0 bridgehead atoms. The van der Waals surface area contributed by atoms with Crippen LogP contribution in [0, 0.1) is 3.57 Å². The van der Waals surface area contributed by atoms with Crippen LogP contribution >= 0.6 is 45.5 Å². The highest BCUT2D eigenvalue weighted by Gasteiger charge is 2.33. The van der Waals surface area contributed by atoms with Crippen LogP contribution in [0.3, 0.4) is 0 Å². The molecule has 2 aromatic carbocycles. The van der Waals surface area contributed by atoms with Crippen molar-refractivity contribution in [2.75, 3.05) is 13.7 Å². The Bertz CT molecular complexity index is 1490. The zero-order valence-electron chi connectivity index (χ0n) is 18.5. The number of fused-ring (bicyclic) bond motifs is 1. The summed E-state index contributed by atoms with van der Waals surface area (Å²) in [6.07, 6.45) is 1.72. The Kier molecular flexibility index (Phi) is 7.15. The van der Waals surface area contributed by atoms with Crippen molar-refractivity contribution in [3.05, 3.63) is 87.1 Å². The molecule has 3 aromatic rings. The maximum absolute atomic E-state index is 13.6. The lowest BCUT2D eigenvalue weighted by atomic mass is 9.96. The first-order valence-electron chi connectivity index (χ1n) is 10.3. The molecular weight excluding hydrogens is 591 g/mol. The molecule has 1 aromatic heterocycles. The zero-order chi connectivity index (χ0) is 24.6. The second-order valence-corrected chi connectivity index (χ2v) is 10.0. The number of carbonyl (C=O) groups is 1. The summed E-state index contributed by atoms with van der Waals surface area (Å²) in [6.45, 7) is 3.67. The van der Waals surface area contributed by atoms with Gasteiger partial charge in [-0.3, -0.25) is 9.36 Å². The van der Waals surface area contributed by atoms with Crippen molar-refractivity contribution in [1.82, 2.24) is 4.57 Å². The van der Waals surface area contributed by atoms with E-state index in [2.05, 4.69) is 4.99 Å². The van der Waals surface area contributed by atoms with Gasteiger partial charge in [-0.15, -0.1) is 0 Å². The summed E-state index contributed by atoms with van der Waals surface area (Å²) in [5.74, 6) is -0.166. The van der Waals surface area contributed by atoms with Crippen molar-refractivity contribution in [3.8, 4) is 11.5 Å². The van der Waals surface area contributed by atoms with Gasteiger partial charge in [0.2, 0.25) is 0 Å². The average molecular weight is 611 g/mol. The third kappa shape index (κ3) is 4.51. The maximum atomic E-state index is 13.6. The van der Waals surface area contributed by atoms with Gasteiger partial charge < -0.3 is 14.6 Å². The molecule has 2 heterocycles. The standard InChI is InChI=1S/C24H20ClIN2O5S/c1-4-33-23(31)19-12(2)27-24-28(20(19)14-5-7-15(25)8-6-14)22(30)18(34-24)11-13-9-16(26)21(29)17(10-13)32-3/h5-11,20,29H,4H2,1-3H3/t20-/m0/s1. The van der Waals surface area contributed by atoms with Gasteiger partial charge in [-0.25, -0.2) is 9.79 Å². The molecule has 1 aliphatic heterocycles. The minimum atomic E-state index is -0.704. The van der Waals surface area contributed by atoms with Crippen molar-refractivity contribution in [1.29, 1.82) is 0 Å². The van der Waals surface area contributed by atoms with E-state index in [1.54, 1.807) is 56.3 Å². The third-order valence-corrected chi connectivity index (χ3v) is 7.33. The fourth-order valence-electron chi connectivity index (χ4n) is 3.74. The molecule has 10 heteroatoms. The molecule has 0 spiro atoms. The summed E-state index contributed by atoms with van der Waals surface area (Å²) in [7, 11) is 1.47. The van der Waals surface area contributed by atoms with E-state index in [1.165, 1.54) is 23.0 Å². The second-order valence-electron chi connectivity index (χ2n) is 7.41. The fraction of sp³-hybridized carbons (Fsp3) is 0.208. The maximum Gasteiger partial charge on any atom is 0.338 e. The average Bonchev–Trinajstić information content (AvgIpc) is 3.10. The van der Waals surface area contributed by atoms with Gasteiger partial charge in [0.25, 0.3) is 5.56 Å². The Morgan fingerprint density at radius 3 is 2.68 bits per heavy atom. The number of carbonyl (C=O) groups excluding carboxylic acids is 1. The number of nitrogens with zero attached hydrogens (tertiary/aromatic N) is 2. The molecular formula is C24H20ClIN2O5S. The van der Waals surface area contributed by atoms with Crippen LogP contribution in [0.25, 0.3) is 6.08 Å². The van der Waals surface area contributed by atoms with Gasteiger partial charge in [-0.2, -0.15) is 0 Å². The first kappa shape index (κ1) is 24.5. The quantitative estimate of drug-likeness (QED) is 0.351. The number of thiazole rings is 1. The molecule has 0 saturated heterocycles. The van der Waals surface area contributed by atoms with E-state index >= 15 is 0 Å². The van der Waals surface area contributed by atoms with Crippen LogP contribution in [0.1, 0.15) is 31.0 Å². The van der Waals surface area contributed by atoms with Crippen LogP contribution in [0.2, 0.25) is 5.02 Å². The Morgan fingerprint density at radius 1 is 1.32 bits per heavy atom. The van der Waals surface area contributed by atoms with Crippen molar-refractivity contribution in [3.63, 3.8) is 0 Å². The highest BCUT2D eigenvalue weighted by atomic mass is 127. The summed E-state index contributed by atoms with van der Waals surface area (Å²) in [5, 5.41) is 10.7. The number of phenols is 1. The first-order valence-corrected chi connectivity index (χ1v) is 12.5. The van der Waals surface area contributed by atoms with E-state index in [-0.39, 0.29) is 17.9 Å². The number of ether oxygens (including phenoxy) is 2. The lowest BCUT2D eigenvalue weighted by molar-refractivity contribution is -0.139. The van der Waals surface area contributed by atoms with Crippen molar-refractivity contribution in [2.45, 2.75) is 19.9 Å². The molecule has 0 fully saturated rings. The van der Waals surface area contributed by atoms with Gasteiger partial charge in [-0.05, 0) is 77.9 Å². The number of aromatic hydroxyl groups is 1. The normalized spacial score (nSPS) is 15.7. The molecule has 7 nitrogen and oxygen atoms in total. The van der Waals surface area contributed by atoms with Crippen molar-refractivity contribution >= 4 is 57.6 Å². The number of phenolic OH excluding ortho intramolecular Hbond substituents is 1. The Labute approximate surface area is 217 Å². The van der Waals surface area contributed by atoms with Gasteiger partial charge in [0.15, 0.2) is 16.3 Å². The molecule has 0 unspecified atom stereocenters. The smallest absolute Gasteiger partial charge is 0.338 e. The summed E-state index contributed by atoms with van der Waals surface area (Å²) in [4.78, 5) is 31.5. The Morgan fingerprint density at radius 2 is 2.03 bits per heavy atom. The summed E-state index contributed by atoms with van der Waals surface area (Å²) < 4.78 is 13.1. The van der Waals surface area contributed by atoms with E-state index in [1.807, 2.05) is 22.6 Å². The minimum absolute atomic E-state index is 0.0409. The number of aromatic nitrogens is 1. The molecule has 1 atom stereocenters. The predicted octanol–water partition coefficient (Wildman–Crippen LogP) is 3.77. The van der Waals surface area contributed by atoms with Crippen LogP contribution in [0.4, 0.5) is 0 Å². The molecule has 1 aliphatic rings. The SMILES string of the molecule is CCOC(=O)C1=C(C)N=c2sc(=Cc3cc(I)c(O)c(OC)c3)c(=O)n2[C@H]1c1ccc(Cl)cc1. The van der Waals surface area contributed by atoms with E-state index in [9.17, 15) is 14.7 Å². The van der Waals surface area contributed by atoms with Gasteiger partial charge >= 0.3 is 5.97 Å². The highest BCUT2D eigenvalue weighted by molar-refractivity contribution is 14.1. The summed E-state index contributed by atoms with van der Waals surface area (Å²) in [6, 6.07) is 9.71. The van der Waals surface area contributed by atoms with Crippen LogP contribution in [-0.4, -0.2) is 29.4 Å². The van der Waals surface area contributed by atoms with Gasteiger partial charge in [0.05, 0.1) is 39.1 Å². The fourth-order valence-corrected chi connectivity index (χ4v) is 5.53.